The summed E-state index contributed by atoms with van der Waals surface area (Å²) in [5.74, 6) is 0. The van der Waals surface area contributed by atoms with Gasteiger partial charge < -0.3 is 0 Å². The molecule has 0 fully saturated rings. The Bertz CT molecular complexity index is 128. The Labute approximate surface area is 42.6 Å². The van der Waals surface area contributed by atoms with Crippen LogP contribution in [0.4, 0.5) is 0 Å². The lowest BCUT2D eigenvalue weighted by molar-refractivity contribution is 1.05. The van der Waals surface area contributed by atoms with Gasteiger partial charge in [-0.3, -0.25) is 10.8 Å². The molecule has 0 unspecified atom stereocenters. The Hall–Kier alpha value is -0.795. The van der Waals surface area contributed by atoms with Gasteiger partial charge in [-0.2, -0.15) is 5.10 Å². The van der Waals surface area contributed by atoms with Gasteiger partial charge in [0.2, 0.25) is 0 Å². The maximum Gasteiger partial charge on any atom is 0.263 e. The van der Waals surface area contributed by atoms with Crippen molar-refractivity contribution in [2.45, 2.75) is 6.92 Å². The monoisotopic (exact) mass is 94.1 g/mol. The Morgan fingerprint density at radius 2 is 2.57 bits per heavy atom. The fourth-order valence-electron chi connectivity index (χ4n) is 0.422. The van der Waals surface area contributed by atoms with Gasteiger partial charge in [-0.15, -0.1) is 0 Å². The second kappa shape index (κ2) is 1.37. The van der Waals surface area contributed by atoms with Crippen LogP contribution in [-0.4, -0.2) is 18.6 Å². The van der Waals surface area contributed by atoms with Gasteiger partial charge in [-0.25, -0.2) is 0 Å². The van der Waals surface area contributed by atoms with E-state index in [0.717, 1.165) is 5.61 Å². The molecule has 0 saturated carbocycles. The largest absolute Gasteiger partial charge is 0.297 e. The highest BCUT2D eigenvalue weighted by Crippen LogP contribution is 1.80. The summed E-state index contributed by atoms with van der Waals surface area (Å²) < 4.78 is 0. The number of rotatable bonds is 0. The first-order chi connectivity index (χ1) is 3.29. The Morgan fingerprint density at radius 1 is 1.86 bits per heavy atom. The SMILES string of the molecule is CC1=NNC(=N)[B]1. The molecule has 1 aliphatic rings. The molecule has 2 N–H and O–H groups in total. The number of amidine groups is 1. The summed E-state index contributed by atoms with van der Waals surface area (Å²) in [6.45, 7) is 1.84. The van der Waals surface area contributed by atoms with Crippen molar-refractivity contribution in [2.75, 3.05) is 0 Å². The zero-order chi connectivity index (χ0) is 5.28. The molecule has 0 amide bonds. The van der Waals surface area contributed by atoms with Crippen LogP contribution in [-0.2, 0) is 0 Å². The number of hydrogen-bond acceptors (Lipinski definition) is 2. The van der Waals surface area contributed by atoms with Crippen LogP contribution < -0.4 is 5.43 Å². The molecule has 0 aliphatic carbocycles. The van der Waals surface area contributed by atoms with Crippen molar-refractivity contribution in [3.63, 3.8) is 0 Å². The summed E-state index contributed by atoms with van der Waals surface area (Å²) in [6.07, 6.45) is 0. The van der Waals surface area contributed by atoms with E-state index >= 15 is 0 Å². The minimum atomic E-state index is 0.373. The van der Waals surface area contributed by atoms with Crippen LogP contribution in [0.25, 0.3) is 0 Å². The third-order valence-electron chi connectivity index (χ3n) is 0.706. The van der Waals surface area contributed by atoms with Gasteiger partial charge in [0.15, 0.2) is 0 Å². The zero-order valence-electron chi connectivity index (χ0n) is 4.02. The highest BCUT2D eigenvalue weighted by Gasteiger charge is 2.06. The smallest absolute Gasteiger partial charge is 0.263 e. The van der Waals surface area contributed by atoms with Gasteiger partial charge in [0.25, 0.3) is 7.28 Å². The molecule has 0 aromatic rings. The summed E-state index contributed by atoms with van der Waals surface area (Å²) >= 11 is 0. The number of hydrogen-bond donors (Lipinski definition) is 2. The van der Waals surface area contributed by atoms with Gasteiger partial charge in [0, 0.05) is 5.61 Å². The van der Waals surface area contributed by atoms with Crippen molar-refractivity contribution in [3.05, 3.63) is 0 Å². The van der Waals surface area contributed by atoms with E-state index in [2.05, 4.69) is 10.5 Å². The van der Waals surface area contributed by atoms with Crippen LogP contribution >= 0.6 is 0 Å². The lowest BCUT2D eigenvalue weighted by Crippen LogP contribution is -2.16. The Balaban J connectivity index is 2.58. The molecular weight excluding hydrogens is 88.9 g/mol. The lowest BCUT2D eigenvalue weighted by atomic mass is 9.73. The predicted octanol–water partition coefficient (Wildman–Crippen LogP) is -0.438. The fourth-order valence-corrected chi connectivity index (χ4v) is 0.422. The van der Waals surface area contributed by atoms with Crippen LogP contribution in [0, 0.1) is 5.41 Å². The van der Waals surface area contributed by atoms with Crippen LogP contribution in [0.2, 0.25) is 0 Å². The fraction of sp³-hybridized carbons (Fsp3) is 0.333. The van der Waals surface area contributed by atoms with Gasteiger partial charge in [-0.05, 0) is 6.92 Å². The Kier molecular flexibility index (Phi) is 0.853. The maximum absolute atomic E-state index is 6.90. The number of hydrazone groups is 1. The summed E-state index contributed by atoms with van der Waals surface area (Å²) in [7, 11) is 1.67. The van der Waals surface area contributed by atoms with Crippen molar-refractivity contribution in [3.8, 4) is 0 Å². The highest BCUT2D eigenvalue weighted by molar-refractivity contribution is 6.99. The first-order valence-electron chi connectivity index (χ1n) is 2.02. The topological polar surface area (TPSA) is 48.2 Å². The van der Waals surface area contributed by atoms with Crippen LogP contribution in [0.5, 0.6) is 0 Å². The summed E-state index contributed by atoms with van der Waals surface area (Å²) in [4.78, 5) is 0. The summed E-state index contributed by atoms with van der Waals surface area (Å²) in [5, 5.41) is 10.6. The second-order valence-electron chi connectivity index (χ2n) is 1.42. The van der Waals surface area contributed by atoms with Crippen molar-refractivity contribution < 1.29 is 0 Å². The number of nitrogens with zero attached hydrogens (tertiary/aromatic N) is 1. The van der Waals surface area contributed by atoms with Crippen LogP contribution in [0.3, 0.4) is 0 Å². The molecule has 0 saturated heterocycles. The average molecular weight is 93.9 g/mol. The van der Waals surface area contributed by atoms with E-state index in [1.165, 1.54) is 0 Å². The molecule has 4 heteroatoms. The zero-order valence-corrected chi connectivity index (χ0v) is 4.02. The summed E-state index contributed by atoms with van der Waals surface area (Å²) in [6, 6.07) is 0. The lowest BCUT2D eigenvalue weighted by Gasteiger charge is -1.82. The minimum Gasteiger partial charge on any atom is -0.297 e. The van der Waals surface area contributed by atoms with E-state index in [-0.39, 0.29) is 0 Å². The third-order valence-corrected chi connectivity index (χ3v) is 0.706. The van der Waals surface area contributed by atoms with E-state index in [1.54, 1.807) is 7.28 Å². The first-order valence-corrected chi connectivity index (χ1v) is 2.02. The second-order valence-corrected chi connectivity index (χ2v) is 1.42. The van der Waals surface area contributed by atoms with E-state index < -0.39 is 0 Å². The molecule has 0 aromatic heterocycles. The molecule has 0 bridgehead atoms. The molecule has 1 heterocycles. The summed E-state index contributed by atoms with van der Waals surface area (Å²) in [5.41, 5.74) is 3.72. The van der Waals surface area contributed by atoms with Gasteiger partial charge >= 0.3 is 0 Å². The molecule has 7 heavy (non-hydrogen) atoms. The molecule has 0 atom stereocenters. The van der Waals surface area contributed by atoms with Crippen molar-refractivity contribution in [1.29, 1.82) is 5.41 Å². The number of nitrogens with one attached hydrogen (secondary N) is 2. The molecule has 1 aliphatic heterocycles. The minimum absolute atomic E-state index is 0.373. The molecule has 1 rings (SSSR count). The van der Waals surface area contributed by atoms with Crippen molar-refractivity contribution >= 4 is 18.6 Å². The normalized spacial score (nSPS) is 17.9. The molecule has 0 aromatic carbocycles. The maximum atomic E-state index is 6.90. The molecular formula is C3H5BN3. The first kappa shape index (κ1) is 4.37. The van der Waals surface area contributed by atoms with Crippen molar-refractivity contribution in [2.24, 2.45) is 5.10 Å². The molecule has 35 valence electrons. The molecule has 0 spiro atoms. The van der Waals surface area contributed by atoms with E-state index in [0.29, 0.717) is 5.73 Å². The Morgan fingerprint density at radius 3 is 2.71 bits per heavy atom. The van der Waals surface area contributed by atoms with E-state index in [1.807, 2.05) is 6.92 Å². The van der Waals surface area contributed by atoms with Crippen molar-refractivity contribution in [1.82, 2.24) is 5.43 Å². The highest BCUT2D eigenvalue weighted by atomic mass is 15.3. The molecule has 1 radical (unpaired) electrons. The van der Waals surface area contributed by atoms with Crippen LogP contribution in [0.1, 0.15) is 6.92 Å². The van der Waals surface area contributed by atoms with Gasteiger partial charge in [0.1, 0.15) is 0 Å². The quantitative estimate of drug-likeness (QED) is 0.393. The standard InChI is InChI=1S/C3H5BN3/c1-2-4-3(5)7-6-2/h1H3,(H2,5,7). The predicted molar refractivity (Wildman–Crippen MR) is 29.7 cm³/mol. The average Bonchev–Trinajstić information content (AvgIpc) is 1.87. The van der Waals surface area contributed by atoms with E-state index in [9.17, 15) is 0 Å². The van der Waals surface area contributed by atoms with Gasteiger partial charge in [0.05, 0.1) is 5.73 Å². The van der Waals surface area contributed by atoms with Crippen LogP contribution in [0.15, 0.2) is 5.10 Å². The van der Waals surface area contributed by atoms with E-state index in [4.69, 9.17) is 5.41 Å². The molecule has 3 nitrogen and oxygen atoms in total. The third kappa shape index (κ3) is 0.794. The van der Waals surface area contributed by atoms with Gasteiger partial charge in [-0.1, -0.05) is 0 Å².